The second-order valence-electron chi connectivity index (χ2n) is 5.92. The van der Waals surface area contributed by atoms with Gasteiger partial charge in [-0.2, -0.15) is 0 Å². The van der Waals surface area contributed by atoms with E-state index in [0.29, 0.717) is 5.92 Å². The fourth-order valence-electron chi connectivity index (χ4n) is 2.85. The molecule has 0 aliphatic carbocycles. The molecule has 1 aliphatic heterocycles. The second-order valence-corrected chi connectivity index (χ2v) is 5.92. The van der Waals surface area contributed by atoms with Crippen LogP contribution in [0, 0.1) is 5.92 Å². The first kappa shape index (κ1) is 15.0. The van der Waals surface area contributed by atoms with Gasteiger partial charge in [0.2, 0.25) is 5.91 Å². The molecule has 1 fully saturated rings. The Morgan fingerprint density at radius 3 is 2.45 bits per heavy atom. The van der Waals surface area contributed by atoms with E-state index in [2.05, 4.69) is 19.0 Å². The topological polar surface area (TPSA) is 49.6 Å². The fourth-order valence-corrected chi connectivity index (χ4v) is 2.85. The molecule has 0 bridgehead atoms. The number of hydrogen-bond donors (Lipinski definition) is 1. The summed E-state index contributed by atoms with van der Waals surface area (Å²) >= 11 is 0. The lowest BCUT2D eigenvalue weighted by Gasteiger charge is -2.34. The second kappa shape index (κ2) is 6.86. The Bertz CT molecular complexity index is 425. The van der Waals surface area contributed by atoms with E-state index < -0.39 is 6.04 Å². The first-order valence-electron chi connectivity index (χ1n) is 7.32. The first-order chi connectivity index (χ1) is 9.58. The quantitative estimate of drug-likeness (QED) is 0.905. The van der Waals surface area contributed by atoms with Gasteiger partial charge in [-0.05, 0) is 38.4 Å². The lowest BCUT2D eigenvalue weighted by Crippen LogP contribution is -2.44. The predicted octanol–water partition coefficient (Wildman–Crippen LogP) is 1.49. The van der Waals surface area contributed by atoms with E-state index >= 15 is 0 Å². The Hall–Kier alpha value is -1.39. The predicted molar refractivity (Wildman–Crippen MR) is 81.2 cm³/mol. The van der Waals surface area contributed by atoms with Crippen LogP contribution in [0.1, 0.15) is 24.4 Å². The molecule has 1 heterocycles. The third-order valence-electron chi connectivity index (χ3n) is 3.97. The molecule has 1 aliphatic rings. The zero-order valence-electron chi connectivity index (χ0n) is 12.5. The van der Waals surface area contributed by atoms with Gasteiger partial charge in [0.05, 0.1) is 0 Å². The molecular weight excluding hydrogens is 250 g/mol. The molecule has 20 heavy (non-hydrogen) atoms. The van der Waals surface area contributed by atoms with Crippen LogP contribution in [0.4, 0.5) is 0 Å². The van der Waals surface area contributed by atoms with Crippen molar-refractivity contribution < 1.29 is 4.79 Å². The van der Waals surface area contributed by atoms with Gasteiger partial charge < -0.3 is 15.5 Å². The van der Waals surface area contributed by atoms with Gasteiger partial charge in [-0.15, -0.1) is 0 Å². The third kappa shape index (κ3) is 3.81. The maximum atomic E-state index is 12.4. The number of hydrogen-bond acceptors (Lipinski definition) is 3. The van der Waals surface area contributed by atoms with E-state index in [1.807, 2.05) is 35.2 Å². The molecule has 4 nitrogen and oxygen atoms in total. The SMILES string of the molecule is CN(C)CC1CCN(C(=O)[C@H](N)c2ccccc2)CC1. The van der Waals surface area contributed by atoms with Crippen LogP contribution in [0.2, 0.25) is 0 Å². The third-order valence-corrected chi connectivity index (χ3v) is 3.97. The standard InChI is InChI=1S/C16H25N3O/c1-18(2)12-13-8-10-19(11-9-13)16(20)15(17)14-6-4-3-5-7-14/h3-7,13,15H,8-12,17H2,1-2H3/t15-/m1/s1. The van der Waals surface area contributed by atoms with Gasteiger partial charge in [0.15, 0.2) is 0 Å². The van der Waals surface area contributed by atoms with Crippen LogP contribution in [0.25, 0.3) is 0 Å². The molecule has 0 spiro atoms. The highest BCUT2D eigenvalue weighted by molar-refractivity contribution is 5.83. The minimum absolute atomic E-state index is 0.0551. The van der Waals surface area contributed by atoms with E-state index in [4.69, 9.17) is 5.73 Å². The molecule has 0 unspecified atom stereocenters. The van der Waals surface area contributed by atoms with Crippen LogP contribution in [-0.4, -0.2) is 49.4 Å². The highest BCUT2D eigenvalue weighted by atomic mass is 16.2. The van der Waals surface area contributed by atoms with Crippen LogP contribution in [0.15, 0.2) is 30.3 Å². The van der Waals surface area contributed by atoms with E-state index in [1.165, 1.54) is 0 Å². The minimum Gasteiger partial charge on any atom is -0.341 e. The van der Waals surface area contributed by atoms with Crippen LogP contribution >= 0.6 is 0 Å². The number of rotatable bonds is 4. The number of likely N-dealkylation sites (tertiary alicyclic amines) is 1. The summed E-state index contributed by atoms with van der Waals surface area (Å²) in [5.74, 6) is 0.751. The number of piperidine rings is 1. The van der Waals surface area contributed by atoms with Gasteiger partial charge in [0.25, 0.3) is 0 Å². The van der Waals surface area contributed by atoms with E-state index in [1.54, 1.807) is 0 Å². The zero-order valence-corrected chi connectivity index (χ0v) is 12.5. The Balaban J connectivity index is 1.89. The van der Waals surface area contributed by atoms with Crippen molar-refractivity contribution in [2.24, 2.45) is 11.7 Å². The molecule has 4 heteroatoms. The van der Waals surface area contributed by atoms with Gasteiger partial charge in [-0.3, -0.25) is 4.79 Å². The molecule has 1 aromatic carbocycles. The van der Waals surface area contributed by atoms with Crippen molar-refractivity contribution in [3.63, 3.8) is 0 Å². The largest absolute Gasteiger partial charge is 0.341 e. The van der Waals surface area contributed by atoms with Crippen molar-refractivity contribution in [1.82, 2.24) is 9.80 Å². The molecule has 110 valence electrons. The highest BCUT2D eigenvalue weighted by Gasteiger charge is 2.27. The van der Waals surface area contributed by atoms with Gasteiger partial charge >= 0.3 is 0 Å². The van der Waals surface area contributed by atoms with Crippen LogP contribution < -0.4 is 5.73 Å². The molecule has 1 amide bonds. The Morgan fingerprint density at radius 2 is 1.90 bits per heavy atom. The average Bonchev–Trinajstić information content (AvgIpc) is 2.47. The summed E-state index contributed by atoms with van der Waals surface area (Å²) in [6.45, 7) is 2.77. The number of nitrogens with two attached hydrogens (primary N) is 1. The summed E-state index contributed by atoms with van der Waals surface area (Å²) in [6, 6.07) is 9.09. The van der Waals surface area contributed by atoms with E-state index in [0.717, 1.165) is 38.0 Å². The molecule has 1 saturated heterocycles. The highest BCUT2D eigenvalue weighted by Crippen LogP contribution is 2.21. The van der Waals surface area contributed by atoms with Crippen molar-refractivity contribution in [2.45, 2.75) is 18.9 Å². The number of nitrogens with zero attached hydrogens (tertiary/aromatic N) is 2. The zero-order chi connectivity index (χ0) is 14.5. The normalized spacial score (nSPS) is 18.3. The van der Waals surface area contributed by atoms with Crippen molar-refractivity contribution in [1.29, 1.82) is 0 Å². The van der Waals surface area contributed by atoms with Gasteiger partial charge in [0, 0.05) is 19.6 Å². The van der Waals surface area contributed by atoms with Crippen molar-refractivity contribution in [3.8, 4) is 0 Å². The van der Waals surface area contributed by atoms with Crippen molar-refractivity contribution in [3.05, 3.63) is 35.9 Å². The minimum atomic E-state index is -0.526. The van der Waals surface area contributed by atoms with Crippen LogP contribution in [-0.2, 0) is 4.79 Å². The first-order valence-corrected chi connectivity index (χ1v) is 7.32. The number of amides is 1. The summed E-state index contributed by atoms with van der Waals surface area (Å²) in [7, 11) is 4.20. The Labute approximate surface area is 121 Å². The Morgan fingerprint density at radius 1 is 1.30 bits per heavy atom. The molecule has 0 saturated carbocycles. The Kier molecular flexibility index (Phi) is 5.15. The van der Waals surface area contributed by atoms with Gasteiger partial charge in [-0.1, -0.05) is 30.3 Å². The van der Waals surface area contributed by atoms with Gasteiger partial charge in [0.1, 0.15) is 6.04 Å². The molecule has 1 aromatic rings. The summed E-state index contributed by atoms with van der Waals surface area (Å²) in [4.78, 5) is 16.6. The van der Waals surface area contributed by atoms with E-state index in [-0.39, 0.29) is 5.91 Å². The number of carbonyl (C=O) groups excluding carboxylic acids is 1. The van der Waals surface area contributed by atoms with Gasteiger partial charge in [-0.25, -0.2) is 0 Å². The maximum Gasteiger partial charge on any atom is 0.244 e. The lowest BCUT2D eigenvalue weighted by atomic mass is 9.95. The number of benzene rings is 1. The maximum absolute atomic E-state index is 12.4. The number of carbonyl (C=O) groups is 1. The molecule has 2 N–H and O–H groups in total. The summed E-state index contributed by atoms with van der Waals surface area (Å²) in [6.07, 6.45) is 2.15. The summed E-state index contributed by atoms with van der Waals surface area (Å²) in [5.41, 5.74) is 6.98. The van der Waals surface area contributed by atoms with Crippen molar-refractivity contribution in [2.75, 3.05) is 33.7 Å². The lowest BCUT2D eigenvalue weighted by molar-refractivity contribution is -0.134. The average molecular weight is 275 g/mol. The summed E-state index contributed by atoms with van der Waals surface area (Å²) < 4.78 is 0. The molecule has 1 atom stereocenters. The van der Waals surface area contributed by atoms with Crippen LogP contribution in [0.3, 0.4) is 0 Å². The molecule has 0 aromatic heterocycles. The van der Waals surface area contributed by atoms with Crippen molar-refractivity contribution >= 4 is 5.91 Å². The molecule has 0 radical (unpaired) electrons. The van der Waals surface area contributed by atoms with Crippen LogP contribution in [0.5, 0.6) is 0 Å². The summed E-state index contributed by atoms with van der Waals surface area (Å²) in [5, 5.41) is 0. The van der Waals surface area contributed by atoms with E-state index in [9.17, 15) is 4.79 Å². The smallest absolute Gasteiger partial charge is 0.244 e. The molecular formula is C16H25N3O. The fraction of sp³-hybridized carbons (Fsp3) is 0.562. The monoisotopic (exact) mass is 275 g/mol. The molecule has 2 rings (SSSR count).